The van der Waals surface area contributed by atoms with Crippen molar-refractivity contribution >= 4 is 0 Å². The van der Waals surface area contributed by atoms with Gasteiger partial charge in [-0.1, -0.05) is 6.92 Å². The molecule has 11 heavy (non-hydrogen) atoms. The van der Waals surface area contributed by atoms with Crippen molar-refractivity contribution in [1.29, 1.82) is 0 Å². The quantitative estimate of drug-likeness (QED) is 0.663. The fourth-order valence-corrected chi connectivity index (χ4v) is 1.06. The van der Waals surface area contributed by atoms with Crippen LogP contribution in [0.5, 0.6) is 0 Å². The SMILES string of the molecule is CC(N)CC(C)COC(C)C. The summed E-state index contributed by atoms with van der Waals surface area (Å²) in [6, 6.07) is 0.292. The van der Waals surface area contributed by atoms with Crippen LogP contribution in [0.2, 0.25) is 0 Å². The van der Waals surface area contributed by atoms with Gasteiger partial charge < -0.3 is 10.5 Å². The normalized spacial score (nSPS) is 16.9. The standard InChI is InChI=1S/C9H21NO/c1-7(2)11-6-8(3)5-9(4)10/h7-9H,5-6,10H2,1-4H3. The van der Waals surface area contributed by atoms with Gasteiger partial charge in [-0.3, -0.25) is 0 Å². The molecule has 0 saturated heterocycles. The van der Waals surface area contributed by atoms with E-state index in [1.54, 1.807) is 0 Å². The molecule has 2 N–H and O–H groups in total. The maximum atomic E-state index is 5.64. The molecule has 0 radical (unpaired) electrons. The lowest BCUT2D eigenvalue weighted by Crippen LogP contribution is -2.21. The molecule has 0 bridgehead atoms. The van der Waals surface area contributed by atoms with Gasteiger partial charge in [0.2, 0.25) is 0 Å². The minimum atomic E-state index is 0.292. The van der Waals surface area contributed by atoms with Gasteiger partial charge in [-0.25, -0.2) is 0 Å². The van der Waals surface area contributed by atoms with Crippen molar-refractivity contribution in [3.8, 4) is 0 Å². The van der Waals surface area contributed by atoms with Crippen LogP contribution in [0.25, 0.3) is 0 Å². The van der Waals surface area contributed by atoms with E-state index in [1.807, 2.05) is 6.92 Å². The van der Waals surface area contributed by atoms with Crippen LogP contribution in [0.3, 0.4) is 0 Å². The Balaban J connectivity index is 3.29. The molecule has 0 aromatic rings. The molecule has 2 atom stereocenters. The Morgan fingerprint density at radius 2 is 1.73 bits per heavy atom. The lowest BCUT2D eigenvalue weighted by Gasteiger charge is -2.15. The molecule has 0 aromatic heterocycles. The maximum Gasteiger partial charge on any atom is 0.0519 e. The van der Waals surface area contributed by atoms with E-state index in [0.717, 1.165) is 13.0 Å². The molecule has 0 rings (SSSR count). The van der Waals surface area contributed by atoms with Gasteiger partial charge in [0.05, 0.1) is 6.10 Å². The minimum absolute atomic E-state index is 0.292. The lowest BCUT2D eigenvalue weighted by molar-refractivity contribution is 0.0521. The Morgan fingerprint density at radius 3 is 2.09 bits per heavy atom. The number of ether oxygens (including phenoxy) is 1. The zero-order valence-corrected chi connectivity index (χ0v) is 8.13. The van der Waals surface area contributed by atoms with Crippen molar-refractivity contribution in [3.05, 3.63) is 0 Å². The summed E-state index contributed by atoms with van der Waals surface area (Å²) in [4.78, 5) is 0. The first-order chi connectivity index (χ1) is 5.02. The molecule has 2 heteroatoms. The first-order valence-electron chi connectivity index (χ1n) is 4.39. The molecule has 0 amide bonds. The molecule has 2 unspecified atom stereocenters. The molecular weight excluding hydrogens is 138 g/mol. The number of hydrogen-bond acceptors (Lipinski definition) is 2. The van der Waals surface area contributed by atoms with Crippen LogP contribution >= 0.6 is 0 Å². The minimum Gasteiger partial charge on any atom is -0.379 e. The van der Waals surface area contributed by atoms with Crippen molar-refractivity contribution in [1.82, 2.24) is 0 Å². The molecule has 0 spiro atoms. The number of rotatable bonds is 5. The number of nitrogens with two attached hydrogens (primary N) is 1. The fraction of sp³-hybridized carbons (Fsp3) is 1.00. The third kappa shape index (κ3) is 7.82. The predicted molar refractivity (Wildman–Crippen MR) is 48.5 cm³/mol. The zero-order chi connectivity index (χ0) is 8.85. The van der Waals surface area contributed by atoms with Crippen molar-refractivity contribution in [2.75, 3.05) is 6.61 Å². The van der Waals surface area contributed by atoms with Crippen LogP contribution in [-0.2, 0) is 4.74 Å². The maximum absolute atomic E-state index is 5.64. The summed E-state index contributed by atoms with van der Waals surface area (Å²) in [5, 5.41) is 0. The third-order valence-corrected chi connectivity index (χ3v) is 1.49. The molecule has 0 aliphatic carbocycles. The second-order valence-electron chi connectivity index (χ2n) is 3.70. The van der Waals surface area contributed by atoms with Crippen LogP contribution in [0, 0.1) is 5.92 Å². The Hall–Kier alpha value is -0.0800. The van der Waals surface area contributed by atoms with Crippen molar-refractivity contribution < 1.29 is 4.74 Å². The highest BCUT2D eigenvalue weighted by Crippen LogP contribution is 2.05. The van der Waals surface area contributed by atoms with Gasteiger partial charge in [0, 0.05) is 12.6 Å². The molecule has 2 nitrogen and oxygen atoms in total. The van der Waals surface area contributed by atoms with E-state index in [1.165, 1.54) is 0 Å². The average Bonchev–Trinajstić information content (AvgIpc) is 1.82. The van der Waals surface area contributed by atoms with Gasteiger partial charge in [0.25, 0.3) is 0 Å². The van der Waals surface area contributed by atoms with E-state index in [9.17, 15) is 0 Å². The summed E-state index contributed by atoms with van der Waals surface area (Å²) in [5.74, 6) is 0.581. The van der Waals surface area contributed by atoms with Crippen LogP contribution in [0.15, 0.2) is 0 Å². The van der Waals surface area contributed by atoms with E-state index >= 15 is 0 Å². The smallest absolute Gasteiger partial charge is 0.0519 e. The Kier molecular flexibility index (Phi) is 5.51. The Labute approximate surface area is 70.1 Å². The van der Waals surface area contributed by atoms with Crippen molar-refractivity contribution in [3.63, 3.8) is 0 Å². The van der Waals surface area contributed by atoms with E-state index in [4.69, 9.17) is 10.5 Å². The van der Waals surface area contributed by atoms with Crippen LogP contribution in [-0.4, -0.2) is 18.8 Å². The summed E-state index contributed by atoms with van der Waals surface area (Å²) in [6.07, 6.45) is 1.39. The molecule has 68 valence electrons. The molecule has 0 fully saturated rings. The van der Waals surface area contributed by atoms with E-state index < -0.39 is 0 Å². The topological polar surface area (TPSA) is 35.2 Å². The summed E-state index contributed by atoms with van der Waals surface area (Å²) in [6.45, 7) is 9.15. The highest BCUT2D eigenvalue weighted by atomic mass is 16.5. The first kappa shape index (κ1) is 10.9. The lowest BCUT2D eigenvalue weighted by atomic mass is 10.0. The Morgan fingerprint density at radius 1 is 1.18 bits per heavy atom. The summed E-state index contributed by atoms with van der Waals surface area (Å²) >= 11 is 0. The second-order valence-corrected chi connectivity index (χ2v) is 3.70. The fourth-order valence-electron chi connectivity index (χ4n) is 1.06. The van der Waals surface area contributed by atoms with Gasteiger partial charge in [-0.05, 0) is 33.1 Å². The van der Waals surface area contributed by atoms with E-state index in [-0.39, 0.29) is 0 Å². The molecule has 0 saturated carbocycles. The highest BCUT2D eigenvalue weighted by molar-refractivity contribution is 4.59. The second kappa shape index (κ2) is 5.56. The van der Waals surface area contributed by atoms with Gasteiger partial charge in [0.1, 0.15) is 0 Å². The third-order valence-electron chi connectivity index (χ3n) is 1.49. The van der Waals surface area contributed by atoms with Crippen molar-refractivity contribution in [2.24, 2.45) is 11.7 Å². The monoisotopic (exact) mass is 159 g/mol. The number of hydrogen-bond donors (Lipinski definition) is 1. The molecule has 0 aromatic carbocycles. The first-order valence-corrected chi connectivity index (χ1v) is 4.39. The molecular formula is C9H21NO. The van der Waals surface area contributed by atoms with Gasteiger partial charge in [-0.15, -0.1) is 0 Å². The predicted octanol–water partition coefficient (Wildman–Crippen LogP) is 1.78. The van der Waals surface area contributed by atoms with Gasteiger partial charge >= 0.3 is 0 Å². The largest absolute Gasteiger partial charge is 0.379 e. The molecule has 0 aliphatic heterocycles. The van der Waals surface area contributed by atoms with E-state index in [2.05, 4.69) is 20.8 Å². The summed E-state index contributed by atoms with van der Waals surface area (Å²) < 4.78 is 5.45. The zero-order valence-electron chi connectivity index (χ0n) is 8.13. The van der Waals surface area contributed by atoms with E-state index in [0.29, 0.717) is 18.1 Å². The molecule has 0 heterocycles. The Bertz CT molecular complexity index is 91.6. The van der Waals surface area contributed by atoms with Crippen LogP contribution < -0.4 is 5.73 Å². The van der Waals surface area contributed by atoms with Crippen LogP contribution in [0.4, 0.5) is 0 Å². The van der Waals surface area contributed by atoms with Gasteiger partial charge in [0.15, 0.2) is 0 Å². The van der Waals surface area contributed by atoms with Gasteiger partial charge in [-0.2, -0.15) is 0 Å². The molecule has 0 aliphatic rings. The summed E-state index contributed by atoms with van der Waals surface area (Å²) in [5.41, 5.74) is 5.64. The highest BCUT2D eigenvalue weighted by Gasteiger charge is 2.05. The van der Waals surface area contributed by atoms with Crippen molar-refractivity contribution in [2.45, 2.75) is 46.3 Å². The average molecular weight is 159 g/mol. The van der Waals surface area contributed by atoms with Crippen LogP contribution in [0.1, 0.15) is 34.1 Å². The summed E-state index contributed by atoms with van der Waals surface area (Å²) in [7, 11) is 0.